The molecule has 20 nitrogen and oxygen atoms in total. The molecule has 6 unspecified atom stereocenters. The van der Waals surface area contributed by atoms with E-state index in [0.717, 1.165) is 51.4 Å². The van der Waals surface area contributed by atoms with Crippen LogP contribution >= 0.6 is 0 Å². The summed E-state index contributed by atoms with van der Waals surface area (Å²) in [6.07, 6.45) is -11.5. The number of aromatic nitrogens is 4. The van der Waals surface area contributed by atoms with E-state index in [1.165, 1.54) is 29.6 Å². The molecule has 8 rings (SSSR count). The maximum absolute atomic E-state index is 16.1. The van der Waals surface area contributed by atoms with Gasteiger partial charge in [0, 0.05) is 73.5 Å². The Labute approximate surface area is 468 Å². The molecule has 30 heteroatoms. The number of aliphatic hydroxyl groups is 1. The minimum atomic E-state index is -5.29. The Bertz CT molecular complexity index is 3000. The lowest BCUT2D eigenvalue weighted by atomic mass is 9.82. The van der Waals surface area contributed by atoms with Gasteiger partial charge in [-0.05, 0) is 82.9 Å². The maximum Gasteiger partial charge on any atom is 0.408 e. The van der Waals surface area contributed by atoms with Crippen molar-refractivity contribution in [2.75, 3.05) is 51.0 Å². The van der Waals surface area contributed by atoms with E-state index >= 15 is 8.78 Å². The first-order valence-electron chi connectivity index (χ1n) is 26.1. The van der Waals surface area contributed by atoms with E-state index in [-0.39, 0.29) is 34.7 Å². The molecule has 4 amide bonds. The molecule has 0 aliphatic carbocycles. The number of amides is 4. The third-order valence-corrected chi connectivity index (χ3v) is 15.2. The molecule has 2 bridgehead atoms. The second kappa shape index (κ2) is 24.9. The number of rotatable bonds is 20. The highest BCUT2D eigenvalue weighted by atomic mass is 19.4. The molecule has 83 heavy (non-hydrogen) atoms. The second-order valence-corrected chi connectivity index (χ2v) is 21.7. The number of hydrogen-bond donors (Lipinski definition) is 6. The quantitative estimate of drug-likeness (QED) is 0.0354. The number of aliphatic hydroxyl groups excluding tert-OH is 1. The highest BCUT2D eigenvalue weighted by molar-refractivity contribution is 5.87. The molecular formula is C53H59F10N11O9. The molecule has 4 saturated heterocycles. The third-order valence-electron chi connectivity index (χ3n) is 15.2. The van der Waals surface area contributed by atoms with E-state index in [2.05, 4.69) is 42.0 Å². The summed E-state index contributed by atoms with van der Waals surface area (Å²) in [5, 5.41) is 31.3. The minimum Gasteiger partial charge on any atom is -0.465 e. The van der Waals surface area contributed by atoms with Crippen LogP contribution < -0.4 is 26.3 Å². The number of piperazine rings is 1. The number of ether oxygens (including phenoxy) is 3. The number of alkyl halides is 8. The van der Waals surface area contributed by atoms with Gasteiger partial charge in [0.1, 0.15) is 23.7 Å². The molecular weight excluding hydrogens is 1120 g/mol. The third kappa shape index (κ3) is 14.4. The number of benzene rings is 2. The van der Waals surface area contributed by atoms with Crippen molar-refractivity contribution >= 4 is 29.9 Å². The van der Waals surface area contributed by atoms with Gasteiger partial charge in [-0.15, -0.1) is 0 Å². The fourth-order valence-corrected chi connectivity index (χ4v) is 9.91. The van der Waals surface area contributed by atoms with Crippen LogP contribution in [0.3, 0.4) is 0 Å². The lowest BCUT2D eigenvalue weighted by Gasteiger charge is -2.47. The Morgan fingerprint density at radius 1 is 0.783 bits per heavy atom. The summed E-state index contributed by atoms with van der Waals surface area (Å²) in [5.41, 5.74) is -4.88. The summed E-state index contributed by atoms with van der Waals surface area (Å²) in [7, 11) is 0. The zero-order chi connectivity index (χ0) is 60.3. The van der Waals surface area contributed by atoms with Crippen molar-refractivity contribution in [2.24, 2.45) is 10.8 Å². The summed E-state index contributed by atoms with van der Waals surface area (Å²) in [4.78, 5) is 66.8. The van der Waals surface area contributed by atoms with Crippen molar-refractivity contribution in [3.05, 3.63) is 94.9 Å². The molecule has 4 aliphatic rings. The summed E-state index contributed by atoms with van der Waals surface area (Å²) >= 11 is 0. The Kier molecular flexibility index (Phi) is 18.5. The van der Waals surface area contributed by atoms with Gasteiger partial charge in [0.05, 0.1) is 66.7 Å². The minimum absolute atomic E-state index is 0.0955. The summed E-state index contributed by atoms with van der Waals surface area (Å²) < 4.78 is 162. The van der Waals surface area contributed by atoms with E-state index in [1.807, 2.05) is 10.7 Å². The Hall–Kier alpha value is -7.33. The molecule has 4 aromatic rings. The standard InChI is InChI=1S/C53H59F10N11O9/c1-50(2,52(58,59)60)42(68-49(80)83-35-26-82-27-35)44(76)66-40(15-29-8-5-28(6-9-29)7-10-30-18-64-47(65-19-30)71-20-32-11-12-33(21-71)74(32)34-24-81-25-34)41(75)23-72(70-45(77)43(67-48(78)79)51(3,4)53(61,62)63)22-36-37(54)16-31(17-38(36)55)39-13-14-73(69-39)46(56)57/h5-6,8-9,13-14,16-19,32-35,40-43,46,67,75H,11-12,15,20-27H2,1-4H3,(H,66,76)(H,68,80)(H,70,77)(H,78,79). The molecule has 0 saturated carbocycles. The van der Waals surface area contributed by atoms with Gasteiger partial charge in [-0.25, -0.2) is 38.0 Å². The Morgan fingerprint density at radius 2 is 1.35 bits per heavy atom. The maximum atomic E-state index is 16.1. The van der Waals surface area contributed by atoms with Gasteiger partial charge in [0.2, 0.25) is 11.9 Å². The van der Waals surface area contributed by atoms with Crippen LogP contribution in [0.2, 0.25) is 0 Å². The number of carbonyl (C=O) groups excluding carboxylic acids is 3. The van der Waals surface area contributed by atoms with Crippen LogP contribution in [0.25, 0.3) is 11.3 Å². The van der Waals surface area contributed by atoms with Crippen LogP contribution in [0.15, 0.2) is 61.1 Å². The number of hydrogen-bond acceptors (Lipinski definition) is 14. The molecule has 6 atom stereocenters. The molecule has 6 N–H and O–H groups in total. The van der Waals surface area contributed by atoms with Gasteiger partial charge < -0.3 is 45.3 Å². The van der Waals surface area contributed by atoms with Crippen LogP contribution in [0.1, 0.15) is 69.3 Å². The number of halogens is 10. The number of alkyl carbamates (subject to hydrolysis) is 1. The van der Waals surface area contributed by atoms with Gasteiger partial charge in [0.25, 0.3) is 5.91 Å². The molecule has 4 fully saturated rings. The van der Waals surface area contributed by atoms with Crippen molar-refractivity contribution in [2.45, 2.75) is 121 Å². The molecule has 450 valence electrons. The van der Waals surface area contributed by atoms with E-state index in [1.54, 1.807) is 12.4 Å². The van der Waals surface area contributed by atoms with Crippen molar-refractivity contribution in [3.8, 4) is 23.1 Å². The highest BCUT2D eigenvalue weighted by Gasteiger charge is 2.57. The summed E-state index contributed by atoms with van der Waals surface area (Å²) in [6, 6.07) is 2.38. The number of carbonyl (C=O) groups is 4. The van der Waals surface area contributed by atoms with E-state index in [0.29, 0.717) is 80.0 Å². The van der Waals surface area contributed by atoms with E-state index < -0.39 is 121 Å². The first-order valence-corrected chi connectivity index (χ1v) is 26.1. The summed E-state index contributed by atoms with van der Waals surface area (Å²) in [5.74, 6) is 0.243. The largest absolute Gasteiger partial charge is 0.465 e. The number of nitrogens with one attached hydrogen (secondary N) is 4. The first kappa shape index (κ1) is 61.7. The Balaban J connectivity index is 1.08. The number of hydrazine groups is 1. The normalized spacial score (nSPS) is 19.4. The van der Waals surface area contributed by atoms with E-state index in [9.17, 15) is 64.5 Å². The van der Waals surface area contributed by atoms with Crippen LogP contribution in [0.4, 0.5) is 59.4 Å². The fraction of sp³-hybridized carbons (Fsp3) is 0.528. The van der Waals surface area contributed by atoms with Crippen LogP contribution in [-0.2, 0) is 36.8 Å². The molecule has 6 heterocycles. The SMILES string of the molecule is CC(C)(C(NC(=O)O)C(=O)NN(Cc1c(F)cc(-c2ccn(C(F)F)n2)cc1F)CC(O)C(Cc1ccc(C#Cc2cnc(N3CC4CCC(C3)N4C3COC3)nc2)cc1)NC(=O)C(NC(=O)OC1COC1)C(C)(C)C(F)(F)F)C(F)(F)F. The number of nitrogens with zero attached hydrogens (tertiary/aromatic N) is 7. The van der Waals surface area contributed by atoms with Gasteiger partial charge >= 0.3 is 31.1 Å². The average Bonchev–Trinajstić information content (AvgIpc) is 2.88. The highest BCUT2D eigenvalue weighted by Crippen LogP contribution is 2.42. The van der Waals surface area contributed by atoms with Gasteiger partial charge in [-0.2, -0.15) is 40.2 Å². The zero-order valence-electron chi connectivity index (χ0n) is 44.9. The number of fused-ring (bicyclic) bond motifs is 2. The van der Waals surface area contributed by atoms with Gasteiger partial charge in [-0.3, -0.25) is 19.9 Å². The number of carboxylic acid groups (broad SMARTS) is 1. The smallest absolute Gasteiger partial charge is 0.408 e. The monoisotopic (exact) mass is 1180 g/mol. The van der Waals surface area contributed by atoms with Crippen LogP contribution in [0.5, 0.6) is 0 Å². The fourth-order valence-electron chi connectivity index (χ4n) is 9.91. The number of anilines is 1. The van der Waals surface area contributed by atoms with Crippen LogP contribution in [0, 0.1) is 34.3 Å². The predicted octanol–water partition coefficient (Wildman–Crippen LogP) is 5.69. The summed E-state index contributed by atoms with van der Waals surface area (Å²) in [6.45, 7) is -0.580. The van der Waals surface area contributed by atoms with Gasteiger partial charge in [0.15, 0.2) is 6.10 Å². The predicted molar refractivity (Wildman–Crippen MR) is 272 cm³/mol. The van der Waals surface area contributed by atoms with Crippen molar-refractivity contribution in [3.63, 3.8) is 0 Å². The Morgan fingerprint density at radius 3 is 1.86 bits per heavy atom. The van der Waals surface area contributed by atoms with Gasteiger partial charge in [-0.1, -0.05) is 24.0 Å². The second-order valence-electron chi connectivity index (χ2n) is 21.7. The van der Waals surface area contributed by atoms with E-state index in [4.69, 9.17) is 14.2 Å². The first-order chi connectivity index (χ1) is 39.0. The molecule has 4 aliphatic heterocycles. The lowest BCUT2D eigenvalue weighted by molar-refractivity contribution is -0.221. The molecule has 0 spiro atoms. The van der Waals surface area contributed by atoms with Crippen LogP contribution in [-0.4, -0.2) is 171 Å². The van der Waals surface area contributed by atoms with Crippen molar-refractivity contribution in [1.29, 1.82) is 0 Å². The lowest BCUT2D eigenvalue weighted by Crippen LogP contribution is -2.64. The molecule has 0 radical (unpaired) electrons. The van der Waals surface area contributed by atoms with Crippen molar-refractivity contribution in [1.82, 2.24) is 51.0 Å². The molecule has 2 aromatic carbocycles. The van der Waals surface area contributed by atoms with Crippen molar-refractivity contribution < 1.29 is 87.5 Å². The topological polar surface area (TPSA) is 238 Å². The average molecular weight is 1180 g/mol. The zero-order valence-corrected chi connectivity index (χ0v) is 44.9. The molecule has 2 aromatic heterocycles.